The molecule has 1 fully saturated rings. The Labute approximate surface area is 299 Å². The molecule has 0 unspecified atom stereocenters. The van der Waals surface area contributed by atoms with Crippen LogP contribution < -0.4 is 5.32 Å². The van der Waals surface area contributed by atoms with E-state index in [1.807, 2.05) is 24.3 Å². The minimum absolute atomic E-state index is 0.173. The zero-order chi connectivity index (χ0) is 37.7. The molecule has 3 aliphatic heterocycles. The van der Waals surface area contributed by atoms with E-state index in [0.717, 1.165) is 49.9 Å². The van der Waals surface area contributed by atoms with Gasteiger partial charge in [0.2, 0.25) is 12.6 Å². The van der Waals surface area contributed by atoms with Crippen molar-refractivity contribution in [1.82, 2.24) is 10.3 Å². The molecule has 2 N–H and O–H groups in total. The van der Waals surface area contributed by atoms with E-state index in [1.54, 1.807) is 0 Å². The Kier molecular flexibility index (Phi) is 12.0. The first kappa shape index (κ1) is 38.0. The van der Waals surface area contributed by atoms with E-state index in [9.17, 15) is 29.2 Å². The maximum Gasteiger partial charge on any atom is 0.337 e. The molecule has 16 heteroatoms. The number of aromatic amines is 1. The van der Waals surface area contributed by atoms with Crippen LogP contribution in [0.3, 0.4) is 0 Å². The van der Waals surface area contributed by atoms with Gasteiger partial charge in [-0.15, -0.1) is 6.58 Å². The first-order chi connectivity index (χ1) is 24.8. The number of H-pyrrole nitrogens is 1. The molecule has 278 valence electrons. The van der Waals surface area contributed by atoms with Crippen LogP contribution in [-0.2, 0) is 68.3 Å². The van der Waals surface area contributed by atoms with E-state index in [2.05, 4.69) is 22.9 Å². The van der Waals surface area contributed by atoms with Gasteiger partial charge in [0.25, 0.3) is 0 Å². The molecule has 16 nitrogen and oxygen atoms in total. The Morgan fingerprint density at radius 3 is 2.27 bits per heavy atom. The second-order valence-corrected chi connectivity index (χ2v) is 12.6. The highest BCUT2D eigenvalue weighted by Gasteiger charge is 2.54. The summed E-state index contributed by atoms with van der Waals surface area (Å²) in [5.74, 6) is -5.19. The normalized spacial score (nSPS) is 29.6. The van der Waals surface area contributed by atoms with E-state index >= 15 is 0 Å². The second-order valence-electron chi connectivity index (χ2n) is 12.6. The van der Waals surface area contributed by atoms with Crippen molar-refractivity contribution in [1.29, 1.82) is 5.26 Å². The standard InChI is InChI=1S/C36H41N3O13/c1-7-22-24(13-28-30-25(12-21(14-37)38-28)23-10-8-9-11-27(23)39-30)26(34(44)45-6)15-47-35(22)52-36-33(50-20(5)43)32(49-19(4)42)31(48-18(3)41)29(51-36)16-46-17(2)40/h7-11,15,21-22,24,28-29,31-33,35-36,38-39H,1,12-13,16H2,2-6H3/t21-,22-,24+,28+,29-,31-,32+,33-,35+,36+/m1/s1. The molecule has 0 amide bonds. The van der Waals surface area contributed by atoms with Gasteiger partial charge in [-0.3, -0.25) is 24.5 Å². The Morgan fingerprint density at radius 2 is 1.63 bits per heavy atom. The van der Waals surface area contributed by atoms with E-state index in [4.69, 9.17) is 37.9 Å². The van der Waals surface area contributed by atoms with Crippen molar-refractivity contribution in [3.63, 3.8) is 0 Å². The first-order valence-corrected chi connectivity index (χ1v) is 16.6. The van der Waals surface area contributed by atoms with Crippen LogP contribution in [0, 0.1) is 23.2 Å². The Morgan fingerprint density at radius 1 is 0.962 bits per heavy atom. The van der Waals surface area contributed by atoms with E-state index in [-0.39, 0.29) is 12.0 Å². The molecule has 0 bridgehead atoms. The van der Waals surface area contributed by atoms with Crippen LogP contribution in [0.2, 0.25) is 0 Å². The SMILES string of the molecule is C=C[C@H]1[C@H](O[C@@H]2O[C@H](COC(C)=O)[C@@H](OC(C)=O)[C@H](OC(C)=O)[C@H]2OC(C)=O)OC=C(C(=O)OC)[C@H]1C[C@@H]1N[C@@H](C#N)Cc2c1[nH]c1ccccc21. The highest BCUT2D eigenvalue weighted by atomic mass is 16.8. The molecule has 4 heterocycles. The largest absolute Gasteiger partial charge is 0.471 e. The summed E-state index contributed by atoms with van der Waals surface area (Å²) in [6.45, 7) is 8.05. The number of nitriles is 1. The van der Waals surface area contributed by atoms with Gasteiger partial charge in [-0.1, -0.05) is 24.3 Å². The number of aromatic nitrogens is 1. The van der Waals surface area contributed by atoms with Gasteiger partial charge in [-0.05, 0) is 18.1 Å². The third kappa shape index (κ3) is 8.28. The minimum atomic E-state index is -1.56. The van der Waals surface area contributed by atoms with Crippen molar-refractivity contribution in [3.05, 3.63) is 60.0 Å². The van der Waals surface area contributed by atoms with Crippen LogP contribution in [-0.4, -0.2) is 91.6 Å². The third-order valence-corrected chi connectivity index (χ3v) is 9.07. The molecule has 3 aliphatic rings. The van der Waals surface area contributed by atoms with Crippen molar-refractivity contribution >= 4 is 40.7 Å². The number of carbonyl (C=O) groups is 5. The first-order valence-electron chi connectivity index (χ1n) is 16.6. The van der Waals surface area contributed by atoms with Gasteiger partial charge in [0.05, 0.1) is 31.1 Å². The van der Waals surface area contributed by atoms with Crippen molar-refractivity contribution in [2.24, 2.45) is 11.8 Å². The average Bonchev–Trinajstić information content (AvgIpc) is 3.48. The predicted octanol–water partition coefficient (Wildman–Crippen LogP) is 2.57. The predicted molar refractivity (Wildman–Crippen MR) is 177 cm³/mol. The monoisotopic (exact) mass is 723 g/mol. The number of carbonyl (C=O) groups excluding carboxylic acids is 5. The Hall–Kier alpha value is -5.24. The summed E-state index contributed by atoms with van der Waals surface area (Å²) in [5, 5.41) is 14.3. The number of ether oxygens (including phenoxy) is 8. The Balaban J connectivity index is 1.51. The maximum absolute atomic E-state index is 13.2. The van der Waals surface area contributed by atoms with Crippen molar-refractivity contribution in [2.45, 2.75) is 89.6 Å². The van der Waals surface area contributed by atoms with Crippen molar-refractivity contribution in [2.75, 3.05) is 13.7 Å². The van der Waals surface area contributed by atoms with E-state index in [1.165, 1.54) is 19.4 Å². The molecule has 1 saturated heterocycles. The quantitative estimate of drug-likeness (QED) is 0.194. The minimum Gasteiger partial charge on any atom is -0.471 e. The molecular formula is C36H41N3O13. The van der Waals surface area contributed by atoms with Crippen LogP contribution in [0.25, 0.3) is 10.9 Å². The number of esters is 5. The fraction of sp³-hybridized carbons (Fsp3) is 0.500. The topological polar surface area (TPSA) is 211 Å². The fourth-order valence-corrected chi connectivity index (χ4v) is 7.00. The Bertz CT molecular complexity index is 1780. The molecule has 10 atom stereocenters. The van der Waals surface area contributed by atoms with Crippen LogP contribution in [0.15, 0.2) is 48.8 Å². The number of nitrogens with one attached hydrogen (secondary N) is 2. The lowest BCUT2D eigenvalue weighted by atomic mass is 9.77. The highest BCUT2D eigenvalue weighted by Crippen LogP contribution is 2.43. The zero-order valence-electron chi connectivity index (χ0n) is 29.3. The van der Waals surface area contributed by atoms with Crippen LogP contribution in [0.5, 0.6) is 0 Å². The smallest absolute Gasteiger partial charge is 0.337 e. The van der Waals surface area contributed by atoms with Gasteiger partial charge in [0, 0.05) is 68.6 Å². The van der Waals surface area contributed by atoms with Gasteiger partial charge < -0.3 is 42.9 Å². The number of hydrogen-bond donors (Lipinski definition) is 2. The summed E-state index contributed by atoms with van der Waals surface area (Å²) in [7, 11) is 1.24. The zero-order valence-corrected chi connectivity index (χ0v) is 29.3. The van der Waals surface area contributed by atoms with Crippen LogP contribution in [0.4, 0.5) is 0 Å². The summed E-state index contributed by atoms with van der Waals surface area (Å²) in [6, 6.07) is 9.13. The number of fused-ring (bicyclic) bond motifs is 3. The molecule has 1 aromatic carbocycles. The van der Waals surface area contributed by atoms with Crippen molar-refractivity contribution in [3.8, 4) is 6.07 Å². The molecule has 0 saturated carbocycles. The molecule has 2 aromatic rings. The van der Waals surface area contributed by atoms with Gasteiger partial charge in [-0.2, -0.15) is 5.26 Å². The second kappa shape index (κ2) is 16.4. The van der Waals surface area contributed by atoms with Gasteiger partial charge in [-0.25, -0.2) is 4.79 Å². The summed E-state index contributed by atoms with van der Waals surface area (Å²) in [5.41, 5.74) is 2.93. The van der Waals surface area contributed by atoms with E-state index < -0.39 is 97.4 Å². The van der Waals surface area contributed by atoms with E-state index in [0.29, 0.717) is 6.42 Å². The fourth-order valence-electron chi connectivity index (χ4n) is 7.00. The lowest BCUT2D eigenvalue weighted by Crippen LogP contribution is -2.63. The number of para-hydroxylation sites is 1. The average molecular weight is 724 g/mol. The van der Waals surface area contributed by atoms with Gasteiger partial charge in [0.15, 0.2) is 18.3 Å². The summed E-state index contributed by atoms with van der Waals surface area (Å²) < 4.78 is 45.2. The lowest BCUT2D eigenvalue weighted by molar-refractivity contribution is -0.342. The summed E-state index contributed by atoms with van der Waals surface area (Å²) >= 11 is 0. The van der Waals surface area contributed by atoms with Crippen molar-refractivity contribution < 1.29 is 61.9 Å². The molecule has 0 spiro atoms. The van der Waals surface area contributed by atoms with Crippen LogP contribution in [0.1, 0.15) is 51.4 Å². The summed E-state index contributed by atoms with van der Waals surface area (Å²) in [6.07, 6.45) is -4.97. The number of benzene rings is 1. The number of rotatable bonds is 11. The lowest BCUT2D eigenvalue weighted by Gasteiger charge is -2.46. The highest BCUT2D eigenvalue weighted by molar-refractivity contribution is 5.89. The third-order valence-electron chi connectivity index (χ3n) is 9.07. The van der Waals surface area contributed by atoms with Gasteiger partial charge >= 0.3 is 29.8 Å². The number of hydrogen-bond acceptors (Lipinski definition) is 15. The molecule has 0 radical (unpaired) electrons. The molecule has 52 heavy (non-hydrogen) atoms. The number of methoxy groups -OCH3 is 1. The summed E-state index contributed by atoms with van der Waals surface area (Å²) in [4.78, 5) is 65.2. The van der Waals surface area contributed by atoms with Gasteiger partial charge in [0.1, 0.15) is 12.7 Å². The molecule has 0 aliphatic carbocycles. The maximum atomic E-state index is 13.2. The number of nitrogens with zero attached hydrogens (tertiary/aromatic N) is 1. The molecular weight excluding hydrogens is 682 g/mol. The van der Waals surface area contributed by atoms with Crippen LogP contribution >= 0.6 is 0 Å². The molecule has 5 rings (SSSR count). The molecule has 1 aromatic heterocycles.